The third kappa shape index (κ3) is 4.74. The van der Waals surface area contributed by atoms with E-state index in [0.717, 1.165) is 27.8 Å². The van der Waals surface area contributed by atoms with Crippen LogP contribution in [-0.4, -0.2) is 18.3 Å². The van der Waals surface area contributed by atoms with Crippen molar-refractivity contribution >= 4 is 33.5 Å². The van der Waals surface area contributed by atoms with E-state index >= 15 is 0 Å². The molecule has 4 aromatic carbocycles. The third-order valence-corrected chi connectivity index (χ3v) is 4.38. The Kier molecular flexibility index (Phi) is 6.17. The summed E-state index contributed by atoms with van der Waals surface area (Å²) in [4.78, 5) is 0. The molecule has 6 nitrogen and oxygen atoms in total. The molecule has 0 aliphatic rings. The minimum atomic E-state index is -0.0184. The number of aliphatic hydroxyl groups excluding tert-OH is 1. The molecule has 4 rings (SSSR count). The van der Waals surface area contributed by atoms with Gasteiger partial charge in [0.15, 0.2) is 0 Å². The quantitative estimate of drug-likeness (QED) is 0.340. The number of hydrogen-bond donors (Lipinski definition) is 1. The zero-order valence-electron chi connectivity index (χ0n) is 16.2. The van der Waals surface area contributed by atoms with Crippen LogP contribution in [0.1, 0.15) is 0 Å². The second-order valence-corrected chi connectivity index (χ2v) is 6.45. The van der Waals surface area contributed by atoms with Gasteiger partial charge in [0.05, 0.1) is 29.4 Å². The summed E-state index contributed by atoms with van der Waals surface area (Å²) >= 11 is 0. The predicted octanol–water partition coefficient (Wildman–Crippen LogP) is 7.04. The number of fused-ring (bicyclic) bond motifs is 1. The van der Waals surface area contributed by atoms with Crippen molar-refractivity contribution in [3.8, 4) is 5.75 Å². The SMILES string of the molecule is OCCOc1ccc(/N=N/c2ccc(/N=N/c3ccccc3)c3ccccc23)cc1. The standard InChI is InChI=1S/C24H20N4O2/c29-16-17-30-20-12-10-19(11-13-20)26-28-24-15-14-23(21-8-4-5-9-22(21)24)27-25-18-6-2-1-3-7-18/h1-15,29H,16-17H2/b27-25+,28-26+. The third-order valence-electron chi connectivity index (χ3n) is 4.38. The van der Waals surface area contributed by atoms with Gasteiger partial charge in [-0.3, -0.25) is 0 Å². The number of hydrogen-bond acceptors (Lipinski definition) is 6. The molecule has 0 unspecified atom stereocenters. The molecular weight excluding hydrogens is 376 g/mol. The molecule has 0 amide bonds. The van der Waals surface area contributed by atoms with Crippen molar-refractivity contribution in [2.45, 2.75) is 0 Å². The van der Waals surface area contributed by atoms with Crippen molar-refractivity contribution in [1.82, 2.24) is 0 Å². The Bertz CT molecular complexity index is 1170. The van der Waals surface area contributed by atoms with Gasteiger partial charge in [-0.15, -0.1) is 10.2 Å². The molecule has 0 bridgehead atoms. The van der Waals surface area contributed by atoms with E-state index in [1.807, 2.05) is 78.9 Å². The van der Waals surface area contributed by atoms with Gasteiger partial charge in [-0.05, 0) is 48.5 Å². The van der Waals surface area contributed by atoms with Gasteiger partial charge in [0.2, 0.25) is 0 Å². The average molecular weight is 396 g/mol. The fraction of sp³-hybridized carbons (Fsp3) is 0.0833. The largest absolute Gasteiger partial charge is 0.491 e. The molecule has 0 fully saturated rings. The number of azo groups is 2. The zero-order valence-corrected chi connectivity index (χ0v) is 16.2. The fourth-order valence-corrected chi connectivity index (χ4v) is 2.93. The summed E-state index contributed by atoms with van der Waals surface area (Å²) in [5, 5.41) is 28.2. The number of aliphatic hydroxyl groups is 1. The molecule has 148 valence electrons. The van der Waals surface area contributed by atoms with Gasteiger partial charge in [0.1, 0.15) is 12.4 Å². The van der Waals surface area contributed by atoms with Crippen molar-refractivity contribution in [1.29, 1.82) is 0 Å². The molecule has 0 aromatic heterocycles. The highest BCUT2D eigenvalue weighted by Crippen LogP contribution is 2.35. The van der Waals surface area contributed by atoms with E-state index in [-0.39, 0.29) is 13.2 Å². The van der Waals surface area contributed by atoms with Gasteiger partial charge in [-0.2, -0.15) is 10.2 Å². The Morgan fingerprint density at radius 1 is 0.567 bits per heavy atom. The molecule has 30 heavy (non-hydrogen) atoms. The van der Waals surface area contributed by atoms with Crippen LogP contribution in [0.5, 0.6) is 5.75 Å². The second kappa shape index (κ2) is 9.54. The monoisotopic (exact) mass is 396 g/mol. The lowest BCUT2D eigenvalue weighted by Gasteiger charge is -2.05. The van der Waals surface area contributed by atoms with Gasteiger partial charge in [-0.25, -0.2) is 0 Å². The molecule has 4 aromatic rings. The van der Waals surface area contributed by atoms with E-state index in [2.05, 4.69) is 20.5 Å². The summed E-state index contributed by atoms with van der Waals surface area (Å²) < 4.78 is 5.36. The summed E-state index contributed by atoms with van der Waals surface area (Å²) in [6, 6.07) is 28.6. The second-order valence-electron chi connectivity index (χ2n) is 6.45. The van der Waals surface area contributed by atoms with E-state index < -0.39 is 0 Å². The van der Waals surface area contributed by atoms with Crippen LogP contribution in [0.15, 0.2) is 111 Å². The number of rotatable bonds is 7. The molecule has 6 heteroatoms. The Balaban J connectivity index is 1.59. The molecule has 0 saturated heterocycles. The van der Waals surface area contributed by atoms with E-state index in [1.54, 1.807) is 12.1 Å². The van der Waals surface area contributed by atoms with Gasteiger partial charge in [0, 0.05) is 10.8 Å². The maximum Gasteiger partial charge on any atom is 0.119 e. The lowest BCUT2D eigenvalue weighted by Crippen LogP contribution is -2.00. The van der Waals surface area contributed by atoms with Crippen LogP contribution in [0.3, 0.4) is 0 Å². The predicted molar refractivity (Wildman–Crippen MR) is 118 cm³/mol. The lowest BCUT2D eigenvalue weighted by atomic mass is 10.1. The van der Waals surface area contributed by atoms with Crippen molar-refractivity contribution in [2.24, 2.45) is 20.5 Å². The highest BCUT2D eigenvalue weighted by molar-refractivity contribution is 5.99. The Morgan fingerprint density at radius 3 is 1.67 bits per heavy atom. The molecule has 0 aliphatic carbocycles. The minimum absolute atomic E-state index is 0.0184. The maximum absolute atomic E-state index is 8.82. The van der Waals surface area contributed by atoms with E-state index in [4.69, 9.17) is 9.84 Å². The fourth-order valence-electron chi connectivity index (χ4n) is 2.93. The Morgan fingerprint density at radius 2 is 1.10 bits per heavy atom. The summed E-state index contributed by atoms with van der Waals surface area (Å²) in [6.07, 6.45) is 0. The first-order valence-electron chi connectivity index (χ1n) is 9.57. The highest BCUT2D eigenvalue weighted by Gasteiger charge is 2.05. The normalized spacial score (nSPS) is 11.5. The summed E-state index contributed by atoms with van der Waals surface area (Å²) in [7, 11) is 0. The van der Waals surface area contributed by atoms with Gasteiger partial charge in [-0.1, -0.05) is 42.5 Å². The van der Waals surface area contributed by atoms with Crippen LogP contribution in [0, 0.1) is 0 Å². The summed E-state index contributed by atoms with van der Waals surface area (Å²) in [5.74, 6) is 0.682. The summed E-state index contributed by atoms with van der Waals surface area (Å²) in [5.41, 5.74) is 3.05. The molecule has 0 saturated carbocycles. The van der Waals surface area contributed by atoms with Crippen LogP contribution in [0.4, 0.5) is 22.7 Å². The first-order valence-corrected chi connectivity index (χ1v) is 9.57. The lowest BCUT2D eigenvalue weighted by molar-refractivity contribution is 0.201. The molecule has 0 radical (unpaired) electrons. The van der Waals surface area contributed by atoms with Crippen LogP contribution in [0.2, 0.25) is 0 Å². The topological polar surface area (TPSA) is 78.9 Å². The Labute approximate surface area is 174 Å². The van der Waals surface area contributed by atoms with E-state index in [9.17, 15) is 0 Å². The molecule has 0 atom stereocenters. The highest BCUT2D eigenvalue weighted by atomic mass is 16.5. The minimum Gasteiger partial charge on any atom is -0.491 e. The van der Waals surface area contributed by atoms with Crippen LogP contribution in [0.25, 0.3) is 10.8 Å². The maximum atomic E-state index is 8.82. The van der Waals surface area contributed by atoms with Crippen molar-refractivity contribution < 1.29 is 9.84 Å². The summed E-state index contributed by atoms with van der Waals surface area (Å²) in [6.45, 7) is 0.246. The van der Waals surface area contributed by atoms with Crippen LogP contribution in [-0.2, 0) is 0 Å². The Hall–Kier alpha value is -3.90. The van der Waals surface area contributed by atoms with Gasteiger partial charge < -0.3 is 9.84 Å². The number of ether oxygens (including phenoxy) is 1. The smallest absolute Gasteiger partial charge is 0.119 e. The molecule has 0 spiro atoms. The number of nitrogens with zero attached hydrogens (tertiary/aromatic N) is 4. The van der Waals surface area contributed by atoms with Gasteiger partial charge >= 0.3 is 0 Å². The number of benzene rings is 4. The van der Waals surface area contributed by atoms with E-state index in [0.29, 0.717) is 11.4 Å². The first-order chi connectivity index (χ1) is 14.8. The van der Waals surface area contributed by atoms with Gasteiger partial charge in [0.25, 0.3) is 0 Å². The molecular formula is C24H20N4O2. The van der Waals surface area contributed by atoms with E-state index in [1.165, 1.54) is 0 Å². The van der Waals surface area contributed by atoms with Crippen molar-refractivity contribution in [3.05, 3.63) is 91.0 Å². The molecule has 0 heterocycles. The molecule has 0 aliphatic heterocycles. The first kappa shape index (κ1) is 19.4. The average Bonchev–Trinajstić information content (AvgIpc) is 2.81. The van der Waals surface area contributed by atoms with Crippen LogP contribution >= 0.6 is 0 Å². The van der Waals surface area contributed by atoms with Crippen molar-refractivity contribution in [3.63, 3.8) is 0 Å². The zero-order chi connectivity index (χ0) is 20.6. The van der Waals surface area contributed by atoms with Crippen molar-refractivity contribution in [2.75, 3.05) is 13.2 Å². The molecule has 1 N–H and O–H groups in total. The van der Waals surface area contributed by atoms with Crippen LogP contribution < -0.4 is 4.74 Å².